The third kappa shape index (κ3) is 3.96. The summed E-state index contributed by atoms with van der Waals surface area (Å²) >= 11 is 0. The Morgan fingerprint density at radius 3 is 2.63 bits per heavy atom. The number of hydrogen-bond acceptors (Lipinski definition) is 4. The van der Waals surface area contributed by atoms with Crippen molar-refractivity contribution in [3.63, 3.8) is 0 Å². The third-order valence-electron chi connectivity index (χ3n) is 5.08. The van der Waals surface area contributed by atoms with Gasteiger partial charge in [-0.25, -0.2) is 17.6 Å². The van der Waals surface area contributed by atoms with Crippen LogP contribution in [0.15, 0.2) is 30.3 Å². The lowest BCUT2D eigenvalue weighted by Crippen LogP contribution is -2.52. The fourth-order valence-electron chi connectivity index (χ4n) is 3.45. The van der Waals surface area contributed by atoms with Crippen molar-refractivity contribution >= 4 is 11.7 Å². The summed E-state index contributed by atoms with van der Waals surface area (Å²) in [5.74, 6) is -2.26. The molecule has 1 saturated heterocycles. The molecule has 0 saturated carbocycles. The maximum Gasteiger partial charge on any atom is 0.263 e. The van der Waals surface area contributed by atoms with E-state index in [0.717, 1.165) is 24.3 Å². The van der Waals surface area contributed by atoms with E-state index >= 15 is 0 Å². The van der Waals surface area contributed by atoms with Crippen molar-refractivity contribution in [2.24, 2.45) is 5.92 Å². The summed E-state index contributed by atoms with van der Waals surface area (Å²) in [6.45, 7) is 0.534. The average molecular weight is 423 g/mol. The summed E-state index contributed by atoms with van der Waals surface area (Å²) in [5.41, 5.74) is -0.0985. The summed E-state index contributed by atoms with van der Waals surface area (Å²) in [6.07, 6.45) is -2.68. The molecule has 0 bridgehead atoms. The molecule has 2 aromatic carbocycles. The Morgan fingerprint density at radius 2 is 1.93 bits per heavy atom. The van der Waals surface area contributed by atoms with Crippen molar-refractivity contribution in [3.05, 3.63) is 58.7 Å². The molecule has 0 aromatic heterocycles. The minimum Gasteiger partial charge on any atom is -0.490 e. The molecule has 2 aliphatic rings. The molecule has 0 aliphatic carbocycles. The van der Waals surface area contributed by atoms with Crippen molar-refractivity contribution in [3.8, 4) is 11.5 Å². The number of amides is 1. The minimum atomic E-state index is -2.77. The first-order valence-corrected chi connectivity index (χ1v) is 9.28. The topological polar surface area (TPSA) is 55.8 Å². The van der Waals surface area contributed by atoms with E-state index in [1.807, 2.05) is 0 Å². The van der Waals surface area contributed by atoms with Gasteiger partial charge in [0.15, 0.2) is 17.3 Å². The smallest absolute Gasteiger partial charge is 0.263 e. The number of ketones is 1. The highest BCUT2D eigenvalue weighted by Gasteiger charge is 2.34. The predicted octanol–water partition coefficient (Wildman–Crippen LogP) is 3.56. The second-order valence-corrected chi connectivity index (χ2v) is 7.32. The van der Waals surface area contributed by atoms with Gasteiger partial charge in [-0.15, -0.1) is 0 Å². The molecule has 158 valence electrons. The van der Waals surface area contributed by atoms with Crippen LogP contribution in [0, 0.1) is 17.6 Å². The van der Waals surface area contributed by atoms with Crippen molar-refractivity contribution in [1.29, 1.82) is 0 Å². The Hall–Kier alpha value is -3.10. The molecule has 0 atom stereocenters. The van der Waals surface area contributed by atoms with Crippen molar-refractivity contribution in [1.82, 2.24) is 4.90 Å². The van der Waals surface area contributed by atoms with Crippen LogP contribution >= 0.6 is 0 Å². The average Bonchev–Trinajstić information content (AvgIpc) is 2.67. The fraction of sp³-hybridized carbons (Fsp3) is 0.333. The van der Waals surface area contributed by atoms with Gasteiger partial charge in [0.1, 0.15) is 18.2 Å². The van der Waals surface area contributed by atoms with Gasteiger partial charge in [0.2, 0.25) is 0 Å². The Labute approximate surface area is 169 Å². The molecule has 0 N–H and O–H groups in total. The molecule has 4 rings (SSSR count). The van der Waals surface area contributed by atoms with Gasteiger partial charge in [-0.1, -0.05) is 0 Å². The van der Waals surface area contributed by atoms with Crippen LogP contribution in [0.1, 0.15) is 27.9 Å². The van der Waals surface area contributed by atoms with E-state index in [-0.39, 0.29) is 61.5 Å². The molecule has 1 amide bonds. The highest BCUT2D eigenvalue weighted by Crippen LogP contribution is 2.30. The number of halogens is 4. The number of alkyl halides is 2. The Balaban J connectivity index is 1.34. The van der Waals surface area contributed by atoms with Crippen LogP contribution in [-0.2, 0) is 11.2 Å². The first kappa shape index (κ1) is 20.2. The largest absolute Gasteiger partial charge is 0.490 e. The second kappa shape index (κ2) is 7.97. The number of likely N-dealkylation sites (tertiary alicyclic amines) is 1. The standard InChI is InChI=1S/C21H17F4NO4/c22-16-6-19-13(3-14(27)10-30-19)4-15(16)21(28)26-7-11(8-26)9-29-18-2-1-12(20(24)25)5-17(18)23/h1-2,4-6,11,20H,3,7-10H2. The number of ether oxygens (including phenoxy) is 2. The normalized spacial score (nSPS) is 16.2. The molecule has 9 heteroatoms. The number of carbonyl (C=O) groups is 2. The number of hydrogen-bond donors (Lipinski definition) is 0. The molecule has 1 fully saturated rings. The van der Waals surface area contributed by atoms with Gasteiger partial charge in [-0.3, -0.25) is 9.59 Å². The van der Waals surface area contributed by atoms with Crippen LogP contribution in [0.25, 0.3) is 0 Å². The van der Waals surface area contributed by atoms with Gasteiger partial charge in [0, 0.05) is 42.6 Å². The van der Waals surface area contributed by atoms with Gasteiger partial charge in [0.25, 0.3) is 12.3 Å². The second-order valence-electron chi connectivity index (χ2n) is 7.32. The molecule has 2 aromatic rings. The maximum atomic E-state index is 14.3. The molecule has 5 nitrogen and oxygen atoms in total. The van der Waals surface area contributed by atoms with E-state index in [1.165, 1.54) is 11.0 Å². The third-order valence-corrected chi connectivity index (χ3v) is 5.08. The number of carbonyl (C=O) groups excluding carboxylic acids is 2. The van der Waals surface area contributed by atoms with Crippen LogP contribution in [0.3, 0.4) is 0 Å². The molecule has 2 heterocycles. The van der Waals surface area contributed by atoms with Crippen LogP contribution in [-0.4, -0.2) is 42.9 Å². The lowest BCUT2D eigenvalue weighted by molar-refractivity contribution is -0.121. The lowest BCUT2D eigenvalue weighted by atomic mass is 9.97. The van der Waals surface area contributed by atoms with Crippen molar-refractivity contribution in [2.75, 3.05) is 26.3 Å². The van der Waals surface area contributed by atoms with Crippen molar-refractivity contribution in [2.45, 2.75) is 12.8 Å². The van der Waals surface area contributed by atoms with Crippen LogP contribution in [0.4, 0.5) is 17.6 Å². The summed E-state index contributed by atoms with van der Waals surface area (Å²) in [4.78, 5) is 25.5. The summed E-state index contributed by atoms with van der Waals surface area (Å²) < 4.78 is 63.8. The van der Waals surface area contributed by atoms with Gasteiger partial charge in [-0.05, 0) is 24.3 Å². The zero-order valence-corrected chi connectivity index (χ0v) is 15.7. The first-order chi connectivity index (χ1) is 14.3. The number of rotatable bonds is 5. The van der Waals surface area contributed by atoms with Gasteiger partial charge >= 0.3 is 0 Å². The van der Waals surface area contributed by atoms with E-state index in [9.17, 15) is 27.2 Å². The van der Waals surface area contributed by atoms with Crippen LogP contribution < -0.4 is 9.47 Å². The Bertz CT molecular complexity index is 1000. The predicted molar refractivity (Wildman–Crippen MR) is 96.9 cm³/mol. The number of Topliss-reactive ketones (excluding diaryl/α,β-unsaturated/α-hetero) is 1. The van der Waals surface area contributed by atoms with E-state index in [4.69, 9.17) is 9.47 Å². The molecule has 0 radical (unpaired) electrons. The van der Waals surface area contributed by atoms with Crippen LogP contribution in [0.5, 0.6) is 11.5 Å². The van der Waals surface area contributed by atoms with Gasteiger partial charge in [-0.2, -0.15) is 0 Å². The zero-order valence-electron chi connectivity index (χ0n) is 15.7. The Morgan fingerprint density at radius 1 is 1.17 bits per heavy atom. The van der Waals surface area contributed by atoms with E-state index in [0.29, 0.717) is 5.56 Å². The van der Waals surface area contributed by atoms with E-state index in [2.05, 4.69) is 0 Å². The van der Waals surface area contributed by atoms with Crippen molar-refractivity contribution < 1.29 is 36.6 Å². The van der Waals surface area contributed by atoms with E-state index < -0.39 is 29.5 Å². The number of fused-ring (bicyclic) bond motifs is 1. The monoisotopic (exact) mass is 423 g/mol. The first-order valence-electron chi connectivity index (χ1n) is 9.28. The van der Waals surface area contributed by atoms with E-state index in [1.54, 1.807) is 0 Å². The summed E-state index contributed by atoms with van der Waals surface area (Å²) in [5, 5.41) is 0. The highest BCUT2D eigenvalue weighted by molar-refractivity contribution is 5.96. The lowest BCUT2D eigenvalue weighted by Gasteiger charge is -2.39. The molecule has 0 spiro atoms. The van der Waals surface area contributed by atoms with Gasteiger partial charge < -0.3 is 14.4 Å². The zero-order chi connectivity index (χ0) is 21.4. The summed E-state index contributed by atoms with van der Waals surface area (Å²) in [7, 11) is 0. The molecular weight excluding hydrogens is 406 g/mol. The summed E-state index contributed by atoms with van der Waals surface area (Å²) in [6, 6.07) is 5.41. The van der Waals surface area contributed by atoms with Crippen LogP contribution in [0.2, 0.25) is 0 Å². The SMILES string of the molecule is O=C1COc2cc(F)c(C(=O)N3CC(COc4ccc(C(F)F)cc4F)C3)cc2C1. The number of nitrogens with zero attached hydrogens (tertiary/aromatic N) is 1. The maximum absolute atomic E-state index is 14.3. The highest BCUT2D eigenvalue weighted by atomic mass is 19.3. The molecule has 2 aliphatic heterocycles. The molecular formula is C21H17F4NO4. The number of benzene rings is 2. The minimum absolute atomic E-state index is 0.0856. The molecule has 30 heavy (non-hydrogen) atoms. The fourth-order valence-corrected chi connectivity index (χ4v) is 3.45. The van der Waals surface area contributed by atoms with Gasteiger partial charge in [0.05, 0.1) is 12.2 Å². The molecule has 0 unspecified atom stereocenters. The quantitative estimate of drug-likeness (QED) is 0.691. The Kier molecular flexibility index (Phi) is 5.36.